The first-order valence-corrected chi connectivity index (χ1v) is 6.34. The molecule has 106 valence electrons. The summed E-state index contributed by atoms with van der Waals surface area (Å²) in [6, 6.07) is 6.73. The number of amides is 1. The number of carbonyl (C=O) groups excluding carboxylic acids is 1. The maximum atomic E-state index is 12.6. The number of hydrogen-bond donors (Lipinski definition) is 1. The average Bonchev–Trinajstić information content (AvgIpc) is 2.53. The number of carbonyl (C=O) groups is 1. The zero-order valence-electron chi connectivity index (χ0n) is 11.5. The molecule has 1 heterocycles. The molecule has 2 rings (SSSR count). The lowest BCUT2D eigenvalue weighted by molar-refractivity contribution is 0.0683. The van der Waals surface area contributed by atoms with Gasteiger partial charge in [-0.3, -0.25) is 4.79 Å². The number of rotatable bonds is 3. The molecule has 1 N–H and O–H groups in total. The van der Waals surface area contributed by atoms with E-state index in [1.165, 1.54) is 7.11 Å². The van der Waals surface area contributed by atoms with Gasteiger partial charge in [0, 0.05) is 19.6 Å². The Labute approximate surface area is 117 Å². The van der Waals surface area contributed by atoms with Crippen molar-refractivity contribution in [2.45, 2.75) is 6.04 Å². The Hall–Kier alpha value is -2.26. The van der Waals surface area contributed by atoms with E-state index in [0.717, 1.165) is 0 Å². The Morgan fingerprint density at radius 1 is 1.45 bits per heavy atom. The molecule has 1 saturated heterocycles. The van der Waals surface area contributed by atoms with Crippen molar-refractivity contribution in [1.82, 2.24) is 10.2 Å². The Bertz CT molecular complexity index is 539. The predicted octanol–water partition coefficient (Wildman–Crippen LogP) is 0.641. The van der Waals surface area contributed by atoms with E-state index >= 15 is 0 Å². The van der Waals surface area contributed by atoms with Gasteiger partial charge in [-0.05, 0) is 18.2 Å². The molecule has 0 spiro atoms. The van der Waals surface area contributed by atoms with Gasteiger partial charge < -0.3 is 19.7 Å². The van der Waals surface area contributed by atoms with Crippen LogP contribution < -0.4 is 14.8 Å². The van der Waals surface area contributed by atoms with E-state index in [4.69, 9.17) is 14.7 Å². The molecule has 0 bridgehead atoms. The fourth-order valence-electron chi connectivity index (χ4n) is 2.20. The van der Waals surface area contributed by atoms with Crippen LogP contribution >= 0.6 is 0 Å². The smallest absolute Gasteiger partial charge is 0.258 e. The minimum atomic E-state index is -0.466. The highest BCUT2D eigenvalue weighted by atomic mass is 16.5. The van der Waals surface area contributed by atoms with E-state index in [0.29, 0.717) is 36.7 Å². The Morgan fingerprint density at radius 3 is 2.90 bits per heavy atom. The number of piperazine rings is 1. The number of methoxy groups -OCH3 is 2. The third-order valence-electron chi connectivity index (χ3n) is 3.29. The lowest BCUT2D eigenvalue weighted by Crippen LogP contribution is -2.53. The molecule has 1 aromatic carbocycles. The van der Waals surface area contributed by atoms with Crippen molar-refractivity contribution in [3.8, 4) is 17.6 Å². The van der Waals surface area contributed by atoms with Crippen molar-refractivity contribution in [1.29, 1.82) is 5.26 Å². The summed E-state index contributed by atoms with van der Waals surface area (Å²) in [7, 11) is 3.05. The van der Waals surface area contributed by atoms with Crippen LogP contribution in [0.3, 0.4) is 0 Å². The molecular formula is C14H17N3O3. The molecule has 1 amide bonds. The van der Waals surface area contributed by atoms with E-state index in [9.17, 15) is 4.79 Å². The maximum absolute atomic E-state index is 12.6. The Morgan fingerprint density at radius 2 is 2.25 bits per heavy atom. The molecule has 0 aromatic heterocycles. The summed E-state index contributed by atoms with van der Waals surface area (Å²) in [5.41, 5.74) is 0.411. The van der Waals surface area contributed by atoms with Crippen LogP contribution in [0.4, 0.5) is 0 Å². The van der Waals surface area contributed by atoms with Crippen molar-refractivity contribution < 1.29 is 14.3 Å². The zero-order chi connectivity index (χ0) is 14.5. The summed E-state index contributed by atoms with van der Waals surface area (Å²) < 4.78 is 10.4. The lowest BCUT2D eigenvalue weighted by Gasteiger charge is -2.32. The third-order valence-corrected chi connectivity index (χ3v) is 3.29. The van der Waals surface area contributed by atoms with Crippen LogP contribution in [-0.4, -0.2) is 50.7 Å². The summed E-state index contributed by atoms with van der Waals surface area (Å²) in [6.45, 7) is 1.65. The topological polar surface area (TPSA) is 74.6 Å². The molecule has 1 aliphatic rings. The molecule has 1 fully saturated rings. The second kappa shape index (κ2) is 6.26. The van der Waals surface area contributed by atoms with Gasteiger partial charge in [-0.1, -0.05) is 0 Å². The van der Waals surface area contributed by atoms with Gasteiger partial charge >= 0.3 is 0 Å². The lowest BCUT2D eigenvalue weighted by atomic mass is 10.1. The second-order valence-corrected chi connectivity index (χ2v) is 4.41. The summed E-state index contributed by atoms with van der Waals surface area (Å²) in [6.07, 6.45) is 0. The van der Waals surface area contributed by atoms with Crippen LogP contribution in [-0.2, 0) is 0 Å². The number of benzene rings is 1. The van der Waals surface area contributed by atoms with E-state index < -0.39 is 6.04 Å². The van der Waals surface area contributed by atoms with Crippen LogP contribution in [0.2, 0.25) is 0 Å². The Kier molecular flexibility index (Phi) is 4.43. The molecule has 1 aliphatic heterocycles. The molecule has 0 saturated carbocycles. The second-order valence-electron chi connectivity index (χ2n) is 4.41. The molecule has 20 heavy (non-hydrogen) atoms. The van der Waals surface area contributed by atoms with Crippen LogP contribution in [0.5, 0.6) is 11.5 Å². The molecule has 6 nitrogen and oxygen atoms in total. The first-order chi connectivity index (χ1) is 9.71. The number of nitrogens with zero attached hydrogens (tertiary/aromatic N) is 2. The van der Waals surface area contributed by atoms with E-state index in [-0.39, 0.29) is 5.91 Å². The molecule has 0 radical (unpaired) electrons. The van der Waals surface area contributed by atoms with Gasteiger partial charge in [0.25, 0.3) is 5.91 Å². The van der Waals surface area contributed by atoms with Gasteiger partial charge in [-0.2, -0.15) is 5.26 Å². The third kappa shape index (κ3) is 2.68. The van der Waals surface area contributed by atoms with Gasteiger partial charge in [-0.15, -0.1) is 0 Å². The first-order valence-electron chi connectivity index (χ1n) is 6.34. The molecule has 0 aliphatic carbocycles. The van der Waals surface area contributed by atoms with Crippen molar-refractivity contribution in [3.05, 3.63) is 23.8 Å². The highest BCUT2D eigenvalue weighted by Gasteiger charge is 2.29. The fraction of sp³-hybridized carbons (Fsp3) is 0.429. The van der Waals surface area contributed by atoms with Gasteiger partial charge in [0.2, 0.25) is 0 Å². The Balaban J connectivity index is 2.34. The minimum Gasteiger partial charge on any atom is -0.497 e. The molecule has 1 unspecified atom stereocenters. The maximum Gasteiger partial charge on any atom is 0.258 e. The van der Waals surface area contributed by atoms with Gasteiger partial charge in [0.15, 0.2) is 0 Å². The van der Waals surface area contributed by atoms with Crippen molar-refractivity contribution in [3.63, 3.8) is 0 Å². The van der Waals surface area contributed by atoms with Crippen LogP contribution in [0.1, 0.15) is 10.4 Å². The fourth-order valence-corrected chi connectivity index (χ4v) is 2.20. The monoisotopic (exact) mass is 275 g/mol. The van der Waals surface area contributed by atoms with Crippen molar-refractivity contribution in [2.24, 2.45) is 0 Å². The number of nitriles is 1. The average molecular weight is 275 g/mol. The standard InChI is InChI=1S/C14H17N3O3/c1-19-11-3-4-13(20-2)12(7-11)14(18)17-6-5-16-9-10(17)8-15/h3-4,7,10,16H,5-6,9H2,1-2H3. The number of ether oxygens (including phenoxy) is 2. The van der Waals surface area contributed by atoms with E-state index in [1.807, 2.05) is 0 Å². The van der Waals surface area contributed by atoms with Crippen LogP contribution in [0.15, 0.2) is 18.2 Å². The highest BCUT2D eigenvalue weighted by Crippen LogP contribution is 2.26. The van der Waals surface area contributed by atoms with Gasteiger partial charge in [-0.25, -0.2) is 0 Å². The zero-order valence-corrected chi connectivity index (χ0v) is 11.5. The van der Waals surface area contributed by atoms with Crippen molar-refractivity contribution in [2.75, 3.05) is 33.9 Å². The number of nitrogens with one attached hydrogen (secondary N) is 1. The molecule has 1 atom stereocenters. The van der Waals surface area contributed by atoms with E-state index in [2.05, 4.69) is 11.4 Å². The summed E-state index contributed by atoms with van der Waals surface area (Å²) in [5, 5.41) is 12.2. The summed E-state index contributed by atoms with van der Waals surface area (Å²) >= 11 is 0. The molecular weight excluding hydrogens is 258 g/mol. The minimum absolute atomic E-state index is 0.214. The normalized spacial score (nSPS) is 18.2. The summed E-state index contributed by atoms with van der Waals surface area (Å²) in [5.74, 6) is 0.845. The first kappa shape index (κ1) is 14.2. The van der Waals surface area contributed by atoms with E-state index in [1.54, 1.807) is 30.2 Å². The number of hydrogen-bond acceptors (Lipinski definition) is 5. The van der Waals surface area contributed by atoms with Crippen LogP contribution in [0, 0.1) is 11.3 Å². The highest BCUT2D eigenvalue weighted by molar-refractivity contribution is 5.97. The van der Waals surface area contributed by atoms with Crippen LogP contribution in [0.25, 0.3) is 0 Å². The SMILES string of the molecule is COc1ccc(OC)c(C(=O)N2CCNCC2C#N)c1. The predicted molar refractivity (Wildman–Crippen MR) is 72.9 cm³/mol. The van der Waals surface area contributed by atoms with Gasteiger partial charge in [0.05, 0.1) is 25.9 Å². The summed E-state index contributed by atoms with van der Waals surface area (Å²) in [4.78, 5) is 14.2. The van der Waals surface area contributed by atoms with Crippen molar-refractivity contribution >= 4 is 5.91 Å². The van der Waals surface area contributed by atoms with Gasteiger partial charge in [0.1, 0.15) is 17.5 Å². The largest absolute Gasteiger partial charge is 0.497 e. The quantitative estimate of drug-likeness (QED) is 0.876. The molecule has 6 heteroatoms. The molecule has 1 aromatic rings.